The molecular formula is C20H19BrClFN2O. The molecule has 3 rings (SSSR count). The first-order valence-electron chi connectivity index (χ1n) is 7.97. The van der Waals surface area contributed by atoms with Gasteiger partial charge in [0.25, 0.3) is 0 Å². The van der Waals surface area contributed by atoms with Gasteiger partial charge in [0.05, 0.1) is 5.69 Å². The van der Waals surface area contributed by atoms with E-state index < -0.39 is 0 Å². The van der Waals surface area contributed by atoms with Gasteiger partial charge in [0.1, 0.15) is 18.2 Å². The number of nitrogens with zero attached hydrogens (tertiary/aromatic N) is 1. The second-order valence-corrected chi connectivity index (χ2v) is 6.47. The molecule has 3 aromatic rings. The van der Waals surface area contributed by atoms with Crippen molar-refractivity contribution in [1.29, 1.82) is 0 Å². The molecule has 0 radical (unpaired) electrons. The zero-order chi connectivity index (χ0) is 17.5. The third-order valence-electron chi connectivity index (χ3n) is 3.71. The maximum absolute atomic E-state index is 13.7. The minimum atomic E-state index is -0.255. The Hall–Kier alpha value is -1.95. The summed E-state index contributed by atoms with van der Waals surface area (Å²) in [7, 11) is 0. The monoisotopic (exact) mass is 436 g/mol. The largest absolute Gasteiger partial charge is 0.488 e. The van der Waals surface area contributed by atoms with Gasteiger partial charge in [-0.3, -0.25) is 4.98 Å². The van der Waals surface area contributed by atoms with Gasteiger partial charge in [-0.05, 0) is 36.4 Å². The number of benzene rings is 2. The van der Waals surface area contributed by atoms with Gasteiger partial charge < -0.3 is 10.1 Å². The van der Waals surface area contributed by atoms with E-state index >= 15 is 0 Å². The van der Waals surface area contributed by atoms with Gasteiger partial charge in [-0.25, -0.2) is 4.39 Å². The molecule has 0 atom stereocenters. The predicted octanol–water partition coefficient (Wildman–Crippen LogP) is 5.27. The summed E-state index contributed by atoms with van der Waals surface area (Å²) < 4.78 is 20.6. The zero-order valence-electron chi connectivity index (χ0n) is 14.0. The fourth-order valence-electron chi connectivity index (χ4n) is 2.43. The number of halogens is 3. The Balaban J connectivity index is 0.00000243. The summed E-state index contributed by atoms with van der Waals surface area (Å²) in [4.78, 5) is 4.29. The molecule has 1 N–H and O–H groups in total. The first-order chi connectivity index (χ1) is 12.2. The maximum atomic E-state index is 13.7. The lowest BCUT2D eigenvalue weighted by Crippen LogP contribution is -2.14. The van der Waals surface area contributed by atoms with Gasteiger partial charge in [0.2, 0.25) is 0 Å². The molecule has 0 aliphatic rings. The van der Waals surface area contributed by atoms with E-state index in [1.54, 1.807) is 24.4 Å². The summed E-state index contributed by atoms with van der Waals surface area (Å²) in [5.41, 5.74) is 2.52. The molecule has 0 unspecified atom stereocenters. The first kappa shape index (κ1) is 20.4. The van der Waals surface area contributed by atoms with Crippen LogP contribution in [0.25, 0.3) is 0 Å². The second-order valence-electron chi connectivity index (χ2n) is 5.56. The molecule has 0 aliphatic carbocycles. The number of pyridine rings is 1. The van der Waals surface area contributed by atoms with Crippen molar-refractivity contribution < 1.29 is 9.13 Å². The van der Waals surface area contributed by atoms with Crippen LogP contribution in [-0.4, -0.2) is 4.98 Å². The summed E-state index contributed by atoms with van der Waals surface area (Å²) in [5, 5.41) is 3.36. The Labute approximate surface area is 167 Å². The molecule has 1 aromatic heterocycles. The number of hydrogen-bond acceptors (Lipinski definition) is 3. The van der Waals surface area contributed by atoms with Crippen LogP contribution < -0.4 is 10.1 Å². The van der Waals surface area contributed by atoms with Gasteiger partial charge in [-0.2, -0.15) is 0 Å². The number of rotatable bonds is 7. The average Bonchev–Trinajstić information content (AvgIpc) is 2.63. The van der Waals surface area contributed by atoms with E-state index in [2.05, 4.69) is 26.2 Å². The third-order valence-corrected chi connectivity index (χ3v) is 4.20. The van der Waals surface area contributed by atoms with E-state index in [0.717, 1.165) is 21.5 Å². The van der Waals surface area contributed by atoms with Crippen molar-refractivity contribution in [1.82, 2.24) is 10.3 Å². The lowest BCUT2D eigenvalue weighted by Gasteiger charge is -2.13. The van der Waals surface area contributed by atoms with Crippen LogP contribution in [0, 0.1) is 5.82 Å². The van der Waals surface area contributed by atoms with Crippen molar-refractivity contribution in [3.05, 3.63) is 94.0 Å². The van der Waals surface area contributed by atoms with E-state index in [9.17, 15) is 4.39 Å². The van der Waals surface area contributed by atoms with E-state index in [4.69, 9.17) is 4.74 Å². The van der Waals surface area contributed by atoms with E-state index in [1.807, 2.05) is 36.4 Å². The molecule has 0 fully saturated rings. The van der Waals surface area contributed by atoms with Gasteiger partial charge in [0.15, 0.2) is 0 Å². The quantitative estimate of drug-likeness (QED) is 0.546. The highest BCUT2D eigenvalue weighted by atomic mass is 79.9. The van der Waals surface area contributed by atoms with Crippen molar-refractivity contribution in [2.24, 2.45) is 0 Å². The molecule has 0 bridgehead atoms. The fourth-order valence-corrected chi connectivity index (χ4v) is 2.83. The normalized spacial score (nSPS) is 10.2. The SMILES string of the molecule is Cl.Fc1ccccc1COc1ccc(Br)cc1CNCc1ccccn1. The smallest absolute Gasteiger partial charge is 0.129 e. The Morgan fingerprint density at radius 1 is 0.962 bits per heavy atom. The molecule has 26 heavy (non-hydrogen) atoms. The molecule has 0 spiro atoms. The van der Waals surface area contributed by atoms with Crippen LogP contribution in [0.5, 0.6) is 5.75 Å². The van der Waals surface area contributed by atoms with Crippen LogP contribution in [0.15, 0.2) is 71.3 Å². The van der Waals surface area contributed by atoms with Crippen LogP contribution in [0.4, 0.5) is 4.39 Å². The van der Waals surface area contributed by atoms with Crippen LogP contribution in [-0.2, 0) is 19.7 Å². The van der Waals surface area contributed by atoms with Gasteiger partial charge in [-0.15, -0.1) is 12.4 Å². The maximum Gasteiger partial charge on any atom is 0.129 e. The summed E-state index contributed by atoms with van der Waals surface area (Å²) in [6, 6.07) is 18.3. The molecule has 0 aliphatic heterocycles. The fraction of sp³-hybridized carbons (Fsp3) is 0.150. The summed E-state index contributed by atoms with van der Waals surface area (Å²) in [6.07, 6.45) is 1.78. The topological polar surface area (TPSA) is 34.1 Å². The van der Waals surface area contributed by atoms with E-state index in [-0.39, 0.29) is 24.8 Å². The average molecular weight is 438 g/mol. The Kier molecular flexibility index (Phi) is 8.04. The second kappa shape index (κ2) is 10.3. The highest BCUT2D eigenvalue weighted by Crippen LogP contribution is 2.24. The van der Waals surface area contributed by atoms with Crippen LogP contribution in [0.1, 0.15) is 16.8 Å². The van der Waals surface area contributed by atoms with E-state index in [1.165, 1.54) is 6.07 Å². The zero-order valence-corrected chi connectivity index (χ0v) is 16.4. The highest BCUT2D eigenvalue weighted by molar-refractivity contribution is 9.10. The molecule has 136 valence electrons. The molecular weight excluding hydrogens is 419 g/mol. The number of ether oxygens (including phenoxy) is 1. The predicted molar refractivity (Wildman–Crippen MR) is 107 cm³/mol. The van der Waals surface area contributed by atoms with Gasteiger partial charge >= 0.3 is 0 Å². The van der Waals surface area contributed by atoms with Crippen molar-refractivity contribution in [2.75, 3.05) is 0 Å². The number of nitrogens with one attached hydrogen (secondary N) is 1. The molecule has 3 nitrogen and oxygen atoms in total. The minimum Gasteiger partial charge on any atom is -0.488 e. The lowest BCUT2D eigenvalue weighted by atomic mass is 10.2. The number of aromatic nitrogens is 1. The summed E-state index contributed by atoms with van der Waals surface area (Å²) in [6.45, 7) is 1.49. The molecule has 6 heteroatoms. The number of hydrogen-bond donors (Lipinski definition) is 1. The van der Waals surface area contributed by atoms with Crippen molar-refractivity contribution >= 4 is 28.3 Å². The van der Waals surface area contributed by atoms with Crippen molar-refractivity contribution in [3.8, 4) is 5.75 Å². The molecule has 1 heterocycles. The Bertz CT molecular complexity index is 833. The van der Waals surface area contributed by atoms with Crippen LogP contribution in [0.2, 0.25) is 0 Å². The van der Waals surface area contributed by atoms with Crippen molar-refractivity contribution in [2.45, 2.75) is 19.7 Å². The summed E-state index contributed by atoms with van der Waals surface area (Å²) >= 11 is 3.49. The Morgan fingerprint density at radius 3 is 2.54 bits per heavy atom. The minimum absolute atomic E-state index is 0. The van der Waals surface area contributed by atoms with E-state index in [0.29, 0.717) is 18.7 Å². The molecule has 0 saturated heterocycles. The standard InChI is InChI=1S/C20H18BrFN2O.ClH/c21-17-8-9-20(25-14-15-5-1-2-7-19(15)22)16(11-17)12-23-13-18-6-3-4-10-24-18;/h1-11,23H,12-14H2;1H. The van der Waals surface area contributed by atoms with Crippen LogP contribution in [0.3, 0.4) is 0 Å². The third kappa shape index (κ3) is 5.80. The summed E-state index contributed by atoms with van der Waals surface area (Å²) in [5.74, 6) is 0.481. The van der Waals surface area contributed by atoms with Crippen LogP contribution >= 0.6 is 28.3 Å². The molecule has 0 amide bonds. The van der Waals surface area contributed by atoms with Gasteiger partial charge in [-0.1, -0.05) is 40.2 Å². The molecule has 2 aromatic carbocycles. The van der Waals surface area contributed by atoms with Crippen molar-refractivity contribution in [3.63, 3.8) is 0 Å². The van der Waals surface area contributed by atoms with Gasteiger partial charge in [0, 0.05) is 34.9 Å². The molecule has 0 saturated carbocycles. The first-order valence-corrected chi connectivity index (χ1v) is 8.77. The highest BCUT2D eigenvalue weighted by Gasteiger charge is 2.07. The Morgan fingerprint density at radius 2 is 1.77 bits per heavy atom. The lowest BCUT2D eigenvalue weighted by molar-refractivity contribution is 0.296.